The molecule has 2 N–H and O–H groups in total. The van der Waals surface area contributed by atoms with Crippen molar-refractivity contribution in [1.29, 1.82) is 0 Å². The van der Waals surface area contributed by atoms with E-state index < -0.39 is 0 Å². The molecular weight excluding hydrogens is 304 g/mol. The van der Waals surface area contributed by atoms with Crippen LogP contribution in [0.4, 0.5) is 0 Å². The summed E-state index contributed by atoms with van der Waals surface area (Å²) in [4.78, 5) is 27.8. The van der Waals surface area contributed by atoms with E-state index in [1.807, 2.05) is 30.3 Å². The van der Waals surface area contributed by atoms with Crippen LogP contribution in [0.25, 0.3) is 22.3 Å². The third-order valence-corrected chi connectivity index (χ3v) is 3.73. The molecule has 0 atom stereocenters. The van der Waals surface area contributed by atoms with E-state index in [1.54, 1.807) is 18.5 Å². The summed E-state index contributed by atoms with van der Waals surface area (Å²) < 4.78 is 0. The lowest BCUT2D eigenvalue weighted by Gasteiger charge is -2.01. The molecule has 0 amide bonds. The number of benzene rings is 1. The maximum atomic E-state index is 12.1. The van der Waals surface area contributed by atoms with Crippen LogP contribution in [-0.2, 0) is 12.8 Å². The molecule has 0 saturated heterocycles. The molecule has 1 aromatic carbocycles. The Morgan fingerprint density at radius 3 is 2.58 bits per heavy atom. The van der Waals surface area contributed by atoms with Gasteiger partial charge in [-0.3, -0.25) is 14.9 Å². The maximum Gasteiger partial charge on any atom is 0.258 e. The smallest absolute Gasteiger partial charge is 0.258 e. The van der Waals surface area contributed by atoms with E-state index in [1.165, 1.54) is 0 Å². The average molecular weight is 318 g/mol. The quantitative estimate of drug-likeness (QED) is 0.598. The maximum absolute atomic E-state index is 12.1. The number of fused-ring (bicyclic) bond motifs is 1. The number of aryl methyl sites for hydroxylation is 2. The highest BCUT2D eigenvalue weighted by Crippen LogP contribution is 2.13. The lowest BCUT2D eigenvalue weighted by Crippen LogP contribution is -2.12. The highest BCUT2D eigenvalue weighted by atomic mass is 16.1. The standard InChI is InChI=1S/C17H14N6O/c24-17-12-3-1-2-4-13(12)19-14(21-17)5-6-15-20-16(23-22-15)11-7-9-18-10-8-11/h1-4,7-10H,5-6H2,(H,19,21,24)(H,20,22,23). The molecule has 4 aromatic rings. The molecule has 0 radical (unpaired) electrons. The summed E-state index contributed by atoms with van der Waals surface area (Å²) in [5.74, 6) is 2.02. The number of aromatic nitrogens is 6. The van der Waals surface area contributed by atoms with Crippen molar-refractivity contribution in [2.75, 3.05) is 0 Å². The van der Waals surface area contributed by atoms with Crippen LogP contribution in [0.3, 0.4) is 0 Å². The Morgan fingerprint density at radius 2 is 1.71 bits per heavy atom. The minimum atomic E-state index is -0.120. The molecule has 0 saturated carbocycles. The molecule has 0 unspecified atom stereocenters. The van der Waals surface area contributed by atoms with Crippen LogP contribution in [-0.4, -0.2) is 30.1 Å². The largest absolute Gasteiger partial charge is 0.310 e. The zero-order valence-corrected chi connectivity index (χ0v) is 12.7. The van der Waals surface area contributed by atoms with Gasteiger partial charge in [-0.2, -0.15) is 5.10 Å². The molecular formula is C17H14N6O. The summed E-state index contributed by atoms with van der Waals surface area (Å²) in [6.45, 7) is 0. The second-order valence-electron chi connectivity index (χ2n) is 5.37. The molecule has 7 nitrogen and oxygen atoms in total. The molecule has 3 heterocycles. The molecule has 0 aliphatic heterocycles. The van der Waals surface area contributed by atoms with Crippen LogP contribution in [0.5, 0.6) is 0 Å². The Bertz CT molecular complexity index is 1040. The number of nitrogens with one attached hydrogen (secondary N) is 2. The van der Waals surface area contributed by atoms with Crippen molar-refractivity contribution in [2.24, 2.45) is 0 Å². The number of nitrogens with zero attached hydrogens (tertiary/aromatic N) is 4. The summed E-state index contributed by atoms with van der Waals surface area (Å²) in [5, 5.41) is 7.73. The lowest BCUT2D eigenvalue weighted by molar-refractivity contribution is 0.811. The van der Waals surface area contributed by atoms with Crippen LogP contribution < -0.4 is 5.56 Å². The van der Waals surface area contributed by atoms with Crippen molar-refractivity contribution in [2.45, 2.75) is 12.8 Å². The van der Waals surface area contributed by atoms with Crippen molar-refractivity contribution >= 4 is 10.9 Å². The molecule has 0 spiro atoms. The Hall–Kier alpha value is -3.35. The SMILES string of the molecule is O=c1[nH]c(CCc2nc(-c3ccncc3)n[nH]2)nc2ccccc12. The predicted octanol–water partition coefficient (Wildman–Crippen LogP) is 1.89. The minimum absolute atomic E-state index is 0.120. The molecule has 0 bridgehead atoms. The van der Waals surface area contributed by atoms with E-state index in [4.69, 9.17) is 0 Å². The fourth-order valence-corrected chi connectivity index (χ4v) is 2.53. The molecule has 0 aliphatic carbocycles. The third-order valence-electron chi connectivity index (χ3n) is 3.73. The van der Waals surface area contributed by atoms with Gasteiger partial charge in [0.25, 0.3) is 5.56 Å². The molecule has 0 aliphatic rings. The third kappa shape index (κ3) is 2.79. The molecule has 0 fully saturated rings. The molecule has 118 valence electrons. The van der Waals surface area contributed by atoms with E-state index in [0.29, 0.717) is 35.4 Å². The molecule has 7 heteroatoms. The number of aromatic amines is 2. The fraction of sp³-hybridized carbons (Fsp3) is 0.118. The van der Waals surface area contributed by atoms with Gasteiger partial charge in [-0.15, -0.1) is 0 Å². The van der Waals surface area contributed by atoms with Crippen LogP contribution in [0.1, 0.15) is 11.6 Å². The first-order valence-corrected chi connectivity index (χ1v) is 7.59. The van der Waals surface area contributed by atoms with Crippen LogP contribution in [0, 0.1) is 0 Å². The summed E-state index contributed by atoms with van der Waals surface area (Å²) in [5.41, 5.74) is 1.49. The monoisotopic (exact) mass is 318 g/mol. The van der Waals surface area contributed by atoms with Gasteiger partial charge in [0.05, 0.1) is 10.9 Å². The first-order valence-electron chi connectivity index (χ1n) is 7.59. The minimum Gasteiger partial charge on any atom is -0.310 e. The number of hydrogen-bond donors (Lipinski definition) is 2. The van der Waals surface area contributed by atoms with Gasteiger partial charge >= 0.3 is 0 Å². The van der Waals surface area contributed by atoms with Gasteiger partial charge in [0.1, 0.15) is 11.6 Å². The van der Waals surface area contributed by atoms with Gasteiger partial charge in [-0.25, -0.2) is 9.97 Å². The Kier molecular flexibility index (Phi) is 3.59. The van der Waals surface area contributed by atoms with E-state index in [9.17, 15) is 4.79 Å². The van der Waals surface area contributed by atoms with Crippen LogP contribution >= 0.6 is 0 Å². The topological polar surface area (TPSA) is 100 Å². The average Bonchev–Trinajstić information content (AvgIpc) is 3.10. The van der Waals surface area contributed by atoms with Crippen molar-refractivity contribution in [1.82, 2.24) is 30.1 Å². The zero-order chi connectivity index (χ0) is 16.4. The number of H-pyrrole nitrogens is 2. The Labute approximate surface area is 136 Å². The van der Waals surface area contributed by atoms with E-state index >= 15 is 0 Å². The van der Waals surface area contributed by atoms with Gasteiger partial charge < -0.3 is 4.98 Å². The lowest BCUT2D eigenvalue weighted by atomic mass is 10.2. The van der Waals surface area contributed by atoms with Crippen molar-refractivity contribution < 1.29 is 0 Å². The molecule has 24 heavy (non-hydrogen) atoms. The van der Waals surface area contributed by atoms with E-state index in [-0.39, 0.29) is 5.56 Å². The van der Waals surface area contributed by atoms with E-state index in [2.05, 4.69) is 30.1 Å². The summed E-state index contributed by atoms with van der Waals surface area (Å²) in [6, 6.07) is 11.0. The van der Waals surface area contributed by atoms with Gasteiger partial charge in [-0.05, 0) is 24.3 Å². The molecule has 3 aromatic heterocycles. The Morgan fingerprint density at radius 1 is 0.917 bits per heavy atom. The van der Waals surface area contributed by atoms with Crippen molar-refractivity contribution in [3.8, 4) is 11.4 Å². The van der Waals surface area contributed by atoms with Crippen LogP contribution in [0.15, 0.2) is 53.6 Å². The molecule has 4 rings (SSSR count). The zero-order valence-electron chi connectivity index (χ0n) is 12.7. The highest BCUT2D eigenvalue weighted by Gasteiger charge is 2.08. The number of hydrogen-bond acceptors (Lipinski definition) is 5. The van der Waals surface area contributed by atoms with Gasteiger partial charge in [-0.1, -0.05) is 12.1 Å². The predicted molar refractivity (Wildman–Crippen MR) is 89.4 cm³/mol. The van der Waals surface area contributed by atoms with Crippen molar-refractivity contribution in [3.05, 3.63) is 70.8 Å². The first-order chi connectivity index (χ1) is 11.8. The number of pyridine rings is 1. The van der Waals surface area contributed by atoms with E-state index in [0.717, 1.165) is 11.4 Å². The second-order valence-corrected chi connectivity index (χ2v) is 5.37. The number of rotatable bonds is 4. The fourth-order valence-electron chi connectivity index (χ4n) is 2.53. The highest BCUT2D eigenvalue weighted by molar-refractivity contribution is 5.77. The number of para-hydroxylation sites is 1. The summed E-state index contributed by atoms with van der Waals surface area (Å²) in [7, 11) is 0. The summed E-state index contributed by atoms with van der Waals surface area (Å²) >= 11 is 0. The van der Waals surface area contributed by atoms with Crippen molar-refractivity contribution in [3.63, 3.8) is 0 Å². The van der Waals surface area contributed by atoms with Gasteiger partial charge in [0.2, 0.25) is 0 Å². The second kappa shape index (κ2) is 6.04. The first kappa shape index (κ1) is 14.3. The Balaban J connectivity index is 1.53. The summed E-state index contributed by atoms with van der Waals surface area (Å²) in [6.07, 6.45) is 4.59. The van der Waals surface area contributed by atoms with Crippen LogP contribution in [0.2, 0.25) is 0 Å². The van der Waals surface area contributed by atoms with Gasteiger partial charge in [0, 0.05) is 30.8 Å². The van der Waals surface area contributed by atoms with Gasteiger partial charge in [0.15, 0.2) is 5.82 Å². The normalized spacial score (nSPS) is 11.0.